The van der Waals surface area contributed by atoms with E-state index in [-0.39, 0.29) is 11.8 Å². The summed E-state index contributed by atoms with van der Waals surface area (Å²) >= 11 is 0. The highest BCUT2D eigenvalue weighted by Gasteiger charge is 2.50. The number of nitro benzene ring substituents is 1. The van der Waals surface area contributed by atoms with E-state index < -0.39 is 12.6 Å². The van der Waals surface area contributed by atoms with Gasteiger partial charge >= 0.3 is 7.67 Å². The Morgan fingerprint density at radius 2 is 1.70 bits per heavy atom. The Bertz CT molecular complexity index is 553. The molecule has 20 heavy (non-hydrogen) atoms. The minimum absolute atomic E-state index is 0.0426. The van der Waals surface area contributed by atoms with Crippen molar-refractivity contribution in [2.45, 2.75) is 13.0 Å². The SMILES string of the molecule is CC(OP(=O)(N1CC1)N1CC1)c1ccc([N+](=O)[O-])cc1. The van der Waals surface area contributed by atoms with Crippen LogP contribution in [0.2, 0.25) is 0 Å². The molecule has 0 bridgehead atoms. The summed E-state index contributed by atoms with van der Waals surface area (Å²) < 4.78 is 22.3. The first-order valence-electron chi connectivity index (χ1n) is 6.54. The third-order valence-electron chi connectivity index (χ3n) is 3.43. The molecule has 2 aliphatic heterocycles. The summed E-state index contributed by atoms with van der Waals surface area (Å²) in [6.07, 6.45) is -0.358. The van der Waals surface area contributed by atoms with Gasteiger partial charge < -0.3 is 0 Å². The van der Waals surface area contributed by atoms with E-state index >= 15 is 0 Å². The lowest BCUT2D eigenvalue weighted by atomic mass is 10.1. The van der Waals surface area contributed by atoms with E-state index in [1.165, 1.54) is 12.1 Å². The van der Waals surface area contributed by atoms with Crippen molar-refractivity contribution >= 4 is 13.4 Å². The molecule has 0 spiro atoms. The van der Waals surface area contributed by atoms with Gasteiger partial charge in [0.2, 0.25) is 0 Å². The summed E-state index contributed by atoms with van der Waals surface area (Å²) in [6, 6.07) is 6.18. The number of nitro groups is 1. The van der Waals surface area contributed by atoms with Gasteiger partial charge in [0.25, 0.3) is 5.69 Å². The van der Waals surface area contributed by atoms with E-state index in [1.807, 2.05) is 16.3 Å². The van der Waals surface area contributed by atoms with E-state index in [0.717, 1.165) is 31.7 Å². The molecule has 2 aliphatic rings. The zero-order valence-electron chi connectivity index (χ0n) is 11.1. The zero-order valence-corrected chi connectivity index (χ0v) is 12.0. The molecule has 2 heterocycles. The van der Waals surface area contributed by atoms with Gasteiger partial charge in [-0.05, 0) is 24.6 Å². The molecule has 2 fully saturated rings. The second-order valence-electron chi connectivity index (χ2n) is 4.99. The highest BCUT2D eigenvalue weighted by molar-refractivity contribution is 7.54. The molecular formula is C12H16N3O4P. The number of rotatable bonds is 6. The second kappa shape index (κ2) is 4.93. The number of non-ortho nitro benzene ring substituents is 1. The number of hydrogen-bond donors (Lipinski definition) is 0. The molecule has 0 radical (unpaired) electrons. The lowest BCUT2D eigenvalue weighted by Crippen LogP contribution is -2.10. The topological polar surface area (TPSA) is 75.5 Å². The molecule has 1 aromatic rings. The molecule has 1 aromatic carbocycles. The number of nitrogens with zero attached hydrogens (tertiary/aromatic N) is 3. The highest BCUT2D eigenvalue weighted by atomic mass is 31.2. The molecule has 3 rings (SSSR count). The van der Waals surface area contributed by atoms with Crippen molar-refractivity contribution in [3.05, 3.63) is 39.9 Å². The van der Waals surface area contributed by atoms with Crippen molar-refractivity contribution in [3.8, 4) is 0 Å². The summed E-state index contributed by atoms with van der Waals surface area (Å²) in [5.41, 5.74) is 0.834. The molecule has 8 heteroatoms. The third-order valence-corrected chi connectivity index (χ3v) is 6.25. The van der Waals surface area contributed by atoms with Gasteiger partial charge in [-0.1, -0.05) is 0 Å². The molecule has 0 saturated carbocycles. The van der Waals surface area contributed by atoms with Gasteiger partial charge in [-0.15, -0.1) is 0 Å². The Balaban J connectivity index is 1.73. The minimum atomic E-state index is -2.86. The number of hydrogen-bond acceptors (Lipinski definition) is 4. The van der Waals surface area contributed by atoms with Gasteiger partial charge in [0.15, 0.2) is 0 Å². The van der Waals surface area contributed by atoms with Crippen molar-refractivity contribution in [1.29, 1.82) is 0 Å². The maximum Gasteiger partial charge on any atom is 0.346 e. The molecule has 108 valence electrons. The van der Waals surface area contributed by atoms with Gasteiger partial charge in [0.05, 0.1) is 11.0 Å². The standard InChI is InChI=1S/C12H16N3O4P/c1-10(11-2-4-12(5-3-11)15(16)17)19-20(18,13-6-7-13)14-8-9-14/h2-5,10H,6-9H2,1H3. The Morgan fingerprint density at radius 3 is 2.10 bits per heavy atom. The Kier molecular flexibility index (Phi) is 3.38. The molecule has 2 saturated heterocycles. The van der Waals surface area contributed by atoms with Crippen LogP contribution in [0.25, 0.3) is 0 Å². The predicted octanol–water partition coefficient (Wildman–Crippen LogP) is 2.41. The van der Waals surface area contributed by atoms with Crippen LogP contribution < -0.4 is 0 Å². The molecule has 0 amide bonds. The quantitative estimate of drug-likeness (QED) is 0.347. The average molecular weight is 297 g/mol. The van der Waals surface area contributed by atoms with E-state index in [2.05, 4.69) is 0 Å². The molecular weight excluding hydrogens is 281 g/mol. The van der Waals surface area contributed by atoms with Gasteiger partial charge in [0, 0.05) is 38.3 Å². The van der Waals surface area contributed by atoms with Crippen LogP contribution in [0, 0.1) is 10.1 Å². The smallest absolute Gasteiger partial charge is 0.298 e. The van der Waals surface area contributed by atoms with Crippen LogP contribution >= 0.6 is 7.67 Å². The second-order valence-corrected chi connectivity index (χ2v) is 7.32. The third kappa shape index (κ3) is 2.62. The summed E-state index contributed by atoms with van der Waals surface area (Å²) in [4.78, 5) is 10.2. The molecule has 0 aliphatic carbocycles. The van der Waals surface area contributed by atoms with Gasteiger partial charge in [-0.25, -0.2) is 9.34 Å². The Morgan fingerprint density at radius 1 is 1.20 bits per heavy atom. The van der Waals surface area contributed by atoms with E-state index in [0.29, 0.717) is 0 Å². The van der Waals surface area contributed by atoms with E-state index in [4.69, 9.17) is 4.52 Å². The minimum Gasteiger partial charge on any atom is -0.298 e. The van der Waals surface area contributed by atoms with E-state index in [9.17, 15) is 14.7 Å². The normalized spacial score (nSPS) is 20.6. The van der Waals surface area contributed by atoms with Crippen molar-refractivity contribution in [3.63, 3.8) is 0 Å². The first-order chi connectivity index (χ1) is 9.50. The molecule has 0 N–H and O–H groups in total. The van der Waals surface area contributed by atoms with Crippen LogP contribution in [-0.4, -0.2) is 40.4 Å². The van der Waals surface area contributed by atoms with Crippen molar-refractivity contribution in [1.82, 2.24) is 9.34 Å². The van der Waals surface area contributed by atoms with Crippen LogP contribution in [0.5, 0.6) is 0 Å². The fourth-order valence-corrected chi connectivity index (χ4v) is 4.39. The van der Waals surface area contributed by atoms with Crippen LogP contribution in [-0.2, 0) is 9.09 Å². The fraction of sp³-hybridized carbons (Fsp3) is 0.500. The summed E-state index contributed by atoms with van der Waals surface area (Å²) in [5, 5.41) is 10.6. The predicted molar refractivity (Wildman–Crippen MR) is 73.3 cm³/mol. The largest absolute Gasteiger partial charge is 0.346 e. The molecule has 1 atom stereocenters. The fourth-order valence-electron chi connectivity index (χ4n) is 2.04. The van der Waals surface area contributed by atoms with Crippen LogP contribution in [0.3, 0.4) is 0 Å². The van der Waals surface area contributed by atoms with Gasteiger partial charge in [0.1, 0.15) is 0 Å². The average Bonchev–Trinajstić information content (AvgIpc) is 3.31. The lowest BCUT2D eigenvalue weighted by Gasteiger charge is -2.24. The van der Waals surface area contributed by atoms with Crippen LogP contribution in [0.1, 0.15) is 18.6 Å². The van der Waals surface area contributed by atoms with Crippen LogP contribution in [0.4, 0.5) is 5.69 Å². The zero-order chi connectivity index (χ0) is 14.3. The Hall–Kier alpha value is -1.27. The Labute approximate surface area is 116 Å². The first-order valence-corrected chi connectivity index (χ1v) is 8.07. The summed E-state index contributed by atoms with van der Waals surface area (Å²) in [7, 11) is -2.86. The molecule has 7 nitrogen and oxygen atoms in total. The maximum absolute atomic E-state index is 12.8. The maximum atomic E-state index is 12.8. The van der Waals surface area contributed by atoms with Crippen molar-refractivity contribution in [2.24, 2.45) is 0 Å². The molecule has 1 unspecified atom stereocenters. The lowest BCUT2D eigenvalue weighted by molar-refractivity contribution is -0.384. The monoisotopic (exact) mass is 297 g/mol. The summed E-state index contributed by atoms with van der Waals surface area (Å²) in [5.74, 6) is 0. The summed E-state index contributed by atoms with van der Waals surface area (Å²) in [6.45, 7) is 5.05. The van der Waals surface area contributed by atoms with E-state index in [1.54, 1.807) is 12.1 Å². The van der Waals surface area contributed by atoms with Crippen LogP contribution in [0.15, 0.2) is 24.3 Å². The molecule has 0 aromatic heterocycles. The van der Waals surface area contributed by atoms with Crippen molar-refractivity contribution < 1.29 is 14.0 Å². The van der Waals surface area contributed by atoms with Gasteiger partial charge in [-0.2, -0.15) is 0 Å². The highest BCUT2D eigenvalue weighted by Crippen LogP contribution is 2.63. The number of benzene rings is 1. The first kappa shape index (κ1) is 13.7. The van der Waals surface area contributed by atoms with Crippen molar-refractivity contribution in [2.75, 3.05) is 26.2 Å². The van der Waals surface area contributed by atoms with Gasteiger partial charge in [-0.3, -0.25) is 19.2 Å².